The molecular weight excluding hydrogens is 421 g/mol. The number of terminal acetylenes is 1. The van der Waals surface area contributed by atoms with Gasteiger partial charge in [-0.25, -0.2) is 9.07 Å². The summed E-state index contributed by atoms with van der Waals surface area (Å²) in [6, 6.07) is 16.5. The van der Waals surface area contributed by atoms with Crippen LogP contribution in [0.1, 0.15) is 18.4 Å². The number of hydrogen-bond donors (Lipinski definition) is 1. The number of rotatable bonds is 11. The number of hydrogen-bond acceptors (Lipinski definition) is 5. The van der Waals surface area contributed by atoms with Crippen molar-refractivity contribution in [1.29, 1.82) is 0 Å². The van der Waals surface area contributed by atoms with Crippen LogP contribution in [0.25, 0.3) is 11.3 Å². The standard InChI is InChI=1S/C26H28FN3O3/c1-3-15-32-18-21(31)16-30(20-13-14-20)17-22-25(19-9-5-4-6-10-19)28-29(2)26(22)33-24-12-8-7-11-23(24)27/h1,4-12,20-21,31H,13-18H2,2H3/t21-/m0/s1. The van der Waals surface area contributed by atoms with Crippen molar-refractivity contribution in [3.05, 3.63) is 66.0 Å². The van der Waals surface area contributed by atoms with Gasteiger partial charge < -0.3 is 14.6 Å². The van der Waals surface area contributed by atoms with Crippen LogP contribution in [0.4, 0.5) is 4.39 Å². The van der Waals surface area contributed by atoms with E-state index < -0.39 is 11.9 Å². The van der Waals surface area contributed by atoms with Gasteiger partial charge in [0.05, 0.1) is 18.3 Å². The second-order valence-electron chi connectivity index (χ2n) is 8.19. The molecule has 0 saturated heterocycles. The third kappa shape index (κ3) is 5.79. The highest BCUT2D eigenvalue weighted by Crippen LogP contribution is 2.37. The van der Waals surface area contributed by atoms with Gasteiger partial charge in [-0.05, 0) is 25.0 Å². The zero-order chi connectivity index (χ0) is 23.2. The monoisotopic (exact) mass is 449 g/mol. The first kappa shape index (κ1) is 23.0. The topological polar surface area (TPSA) is 59.8 Å². The summed E-state index contributed by atoms with van der Waals surface area (Å²) in [7, 11) is 1.79. The first-order valence-corrected chi connectivity index (χ1v) is 11.0. The highest BCUT2D eigenvalue weighted by atomic mass is 19.1. The third-order valence-electron chi connectivity index (χ3n) is 5.54. The van der Waals surface area contributed by atoms with Gasteiger partial charge in [0.15, 0.2) is 11.6 Å². The smallest absolute Gasteiger partial charge is 0.222 e. The normalized spacial score (nSPS) is 14.3. The predicted molar refractivity (Wildman–Crippen MR) is 124 cm³/mol. The van der Waals surface area contributed by atoms with Crippen LogP contribution in [-0.2, 0) is 18.3 Å². The highest BCUT2D eigenvalue weighted by molar-refractivity contribution is 5.65. The summed E-state index contributed by atoms with van der Waals surface area (Å²) < 4.78 is 27.4. The lowest BCUT2D eigenvalue weighted by atomic mass is 10.1. The lowest BCUT2D eigenvalue weighted by Gasteiger charge is -2.25. The summed E-state index contributed by atoms with van der Waals surface area (Å²) in [4.78, 5) is 2.21. The molecule has 172 valence electrons. The zero-order valence-electron chi connectivity index (χ0n) is 18.7. The molecule has 3 aromatic rings. The summed E-state index contributed by atoms with van der Waals surface area (Å²) in [6.07, 6.45) is 6.67. The van der Waals surface area contributed by atoms with E-state index in [1.165, 1.54) is 6.07 Å². The molecule has 1 aliphatic rings. The number of ether oxygens (including phenoxy) is 2. The summed E-state index contributed by atoms with van der Waals surface area (Å²) >= 11 is 0. The Bertz CT molecular complexity index is 1110. The molecule has 33 heavy (non-hydrogen) atoms. The molecule has 0 aliphatic heterocycles. The maximum Gasteiger partial charge on any atom is 0.222 e. The van der Waals surface area contributed by atoms with Crippen molar-refractivity contribution in [2.45, 2.75) is 31.5 Å². The van der Waals surface area contributed by atoms with Crippen LogP contribution in [0, 0.1) is 18.2 Å². The second-order valence-corrected chi connectivity index (χ2v) is 8.19. The molecule has 0 radical (unpaired) electrons. The molecule has 7 heteroatoms. The molecule has 2 aromatic carbocycles. The van der Waals surface area contributed by atoms with Gasteiger partial charge in [0.2, 0.25) is 5.88 Å². The van der Waals surface area contributed by atoms with Crippen molar-refractivity contribution in [2.75, 3.05) is 19.8 Å². The molecule has 4 rings (SSSR count). The Balaban J connectivity index is 1.65. The molecular formula is C26H28FN3O3. The minimum absolute atomic E-state index is 0.141. The number of para-hydroxylation sites is 1. The molecule has 1 aromatic heterocycles. The van der Waals surface area contributed by atoms with E-state index in [0.29, 0.717) is 25.0 Å². The lowest BCUT2D eigenvalue weighted by Crippen LogP contribution is -2.36. The van der Waals surface area contributed by atoms with Gasteiger partial charge in [-0.15, -0.1) is 6.42 Å². The van der Waals surface area contributed by atoms with E-state index in [0.717, 1.165) is 29.7 Å². The molecule has 1 fully saturated rings. The van der Waals surface area contributed by atoms with Gasteiger partial charge in [0.1, 0.15) is 12.3 Å². The van der Waals surface area contributed by atoms with Gasteiger partial charge in [-0.3, -0.25) is 4.90 Å². The van der Waals surface area contributed by atoms with E-state index in [1.54, 1.807) is 29.9 Å². The van der Waals surface area contributed by atoms with Crippen molar-refractivity contribution in [2.24, 2.45) is 7.05 Å². The summed E-state index contributed by atoms with van der Waals surface area (Å²) in [5.74, 6) is 2.59. The van der Waals surface area contributed by atoms with E-state index in [9.17, 15) is 9.50 Å². The van der Waals surface area contributed by atoms with Crippen LogP contribution in [-0.4, -0.2) is 51.7 Å². The number of aliphatic hydroxyl groups is 1. The average Bonchev–Trinajstić information content (AvgIpc) is 3.62. The van der Waals surface area contributed by atoms with Crippen molar-refractivity contribution < 1.29 is 19.0 Å². The van der Waals surface area contributed by atoms with Gasteiger partial charge in [0, 0.05) is 31.7 Å². The Morgan fingerprint density at radius 1 is 1.21 bits per heavy atom. The number of aryl methyl sites for hydroxylation is 1. The van der Waals surface area contributed by atoms with Gasteiger partial charge in [-0.2, -0.15) is 5.10 Å². The minimum Gasteiger partial charge on any atom is -0.436 e. The quantitative estimate of drug-likeness (QED) is 0.354. The largest absolute Gasteiger partial charge is 0.436 e. The lowest BCUT2D eigenvalue weighted by molar-refractivity contribution is 0.0241. The molecule has 1 aliphatic carbocycles. The van der Waals surface area contributed by atoms with Crippen LogP contribution in [0.5, 0.6) is 11.6 Å². The highest BCUT2D eigenvalue weighted by Gasteiger charge is 2.33. The van der Waals surface area contributed by atoms with Gasteiger partial charge in [0.25, 0.3) is 0 Å². The SMILES string of the molecule is C#CCOC[C@@H](O)CN(Cc1c(-c2ccccc2)nn(C)c1Oc1ccccc1F)C1CC1. The Hall–Kier alpha value is -3.18. The zero-order valence-corrected chi connectivity index (χ0v) is 18.7. The summed E-state index contributed by atoms with van der Waals surface area (Å²) in [5.41, 5.74) is 2.56. The van der Waals surface area contributed by atoms with E-state index >= 15 is 0 Å². The average molecular weight is 450 g/mol. The fourth-order valence-corrected chi connectivity index (χ4v) is 3.84. The van der Waals surface area contributed by atoms with Crippen LogP contribution < -0.4 is 4.74 Å². The van der Waals surface area contributed by atoms with Crippen LogP contribution in [0.3, 0.4) is 0 Å². The molecule has 1 saturated carbocycles. The van der Waals surface area contributed by atoms with E-state index in [2.05, 4.69) is 10.8 Å². The molecule has 0 spiro atoms. The van der Waals surface area contributed by atoms with Crippen LogP contribution in [0.2, 0.25) is 0 Å². The number of nitrogens with zero attached hydrogens (tertiary/aromatic N) is 3. The molecule has 1 N–H and O–H groups in total. The summed E-state index contributed by atoms with van der Waals surface area (Å²) in [6.45, 7) is 1.27. The molecule has 0 bridgehead atoms. The maximum absolute atomic E-state index is 14.4. The van der Waals surface area contributed by atoms with E-state index in [1.807, 2.05) is 30.3 Å². The van der Waals surface area contributed by atoms with E-state index in [4.69, 9.17) is 21.0 Å². The second kappa shape index (κ2) is 10.6. The Morgan fingerprint density at radius 2 is 1.94 bits per heavy atom. The van der Waals surface area contributed by atoms with Crippen molar-refractivity contribution >= 4 is 0 Å². The van der Waals surface area contributed by atoms with Crippen LogP contribution >= 0.6 is 0 Å². The van der Waals surface area contributed by atoms with Crippen molar-refractivity contribution in [1.82, 2.24) is 14.7 Å². The number of halogens is 1. The van der Waals surface area contributed by atoms with Crippen molar-refractivity contribution in [3.63, 3.8) is 0 Å². The first-order valence-electron chi connectivity index (χ1n) is 11.0. The molecule has 6 nitrogen and oxygen atoms in total. The fourth-order valence-electron chi connectivity index (χ4n) is 3.84. The number of aromatic nitrogens is 2. The Morgan fingerprint density at radius 3 is 2.64 bits per heavy atom. The summed E-state index contributed by atoms with van der Waals surface area (Å²) in [5, 5.41) is 15.2. The molecule has 1 atom stereocenters. The van der Waals surface area contributed by atoms with Crippen molar-refractivity contribution in [3.8, 4) is 35.2 Å². The predicted octanol–water partition coefficient (Wildman–Crippen LogP) is 3.99. The fraction of sp³-hybridized carbons (Fsp3) is 0.346. The van der Waals surface area contributed by atoms with Gasteiger partial charge >= 0.3 is 0 Å². The minimum atomic E-state index is -0.674. The first-order chi connectivity index (χ1) is 16.1. The van der Waals surface area contributed by atoms with E-state index in [-0.39, 0.29) is 19.0 Å². The molecule has 0 unspecified atom stereocenters. The Labute approximate surface area is 193 Å². The number of aliphatic hydroxyl groups excluding tert-OH is 1. The van der Waals surface area contributed by atoms with Gasteiger partial charge in [-0.1, -0.05) is 48.4 Å². The maximum atomic E-state index is 14.4. The molecule has 0 amide bonds. The van der Waals surface area contributed by atoms with Crippen LogP contribution in [0.15, 0.2) is 54.6 Å². The third-order valence-corrected chi connectivity index (χ3v) is 5.54. The molecule has 1 heterocycles. The number of benzene rings is 2. The Kier molecular flexibility index (Phi) is 7.40.